The van der Waals surface area contributed by atoms with Crippen LogP contribution in [0.3, 0.4) is 0 Å². The van der Waals surface area contributed by atoms with Crippen molar-refractivity contribution in [1.29, 1.82) is 0 Å². The van der Waals surface area contributed by atoms with E-state index < -0.39 is 18.0 Å². The SMILES string of the molecule is COc1cccc(NC(=O)[C@@H](C)OC(=O)c2cccc(Cl)c2)c1. The molecule has 0 aliphatic rings. The molecule has 2 aromatic rings. The topological polar surface area (TPSA) is 64.6 Å². The van der Waals surface area contributed by atoms with Crippen LogP contribution >= 0.6 is 11.6 Å². The molecule has 6 heteroatoms. The second-order valence-corrected chi connectivity index (χ2v) is 5.22. The van der Waals surface area contributed by atoms with Crippen LogP contribution in [0, 0.1) is 0 Å². The van der Waals surface area contributed by atoms with Crippen LogP contribution in [0.4, 0.5) is 5.69 Å². The zero-order valence-corrected chi connectivity index (χ0v) is 13.5. The van der Waals surface area contributed by atoms with Gasteiger partial charge in [-0.15, -0.1) is 0 Å². The van der Waals surface area contributed by atoms with Crippen LogP contribution in [0.2, 0.25) is 5.02 Å². The van der Waals surface area contributed by atoms with E-state index in [1.54, 1.807) is 42.5 Å². The summed E-state index contributed by atoms with van der Waals surface area (Å²) in [7, 11) is 1.54. The summed E-state index contributed by atoms with van der Waals surface area (Å²) in [6.45, 7) is 1.50. The lowest BCUT2D eigenvalue weighted by Gasteiger charge is -2.14. The number of benzene rings is 2. The van der Waals surface area contributed by atoms with Gasteiger partial charge >= 0.3 is 5.97 Å². The molecule has 0 spiro atoms. The van der Waals surface area contributed by atoms with Crippen LogP contribution in [-0.4, -0.2) is 25.1 Å². The molecule has 0 saturated carbocycles. The molecule has 0 radical (unpaired) electrons. The number of nitrogens with one attached hydrogen (secondary N) is 1. The highest BCUT2D eigenvalue weighted by molar-refractivity contribution is 6.30. The summed E-state index contributed by atoms with van der Waals surface area (Å²) in [5, 5.41) is 3.09. The number of anilines is 1. The summed E-state index contributed by atoms with van der Waals surface area (Å²) in [6.07, 6.45) is -0.951. The van der Waals surface area contributed by atoms with Crippen molar-refractivity contribution in [3.63, 3.8) is 0 Å². The van der Waals surface area contributed by atoms with E-state index in [9.17, 15) is 9.59 Å². The Bertz CT molecular complexity index is 717. The average molecular weight is 334 g/mol. The Morgan fingerprint density at radius 2 is 1.87 bits per heavy atom. The first kappa shape index (κ1) is 16.8. The Morgan fingerprint density at radius 1 is 1.13 bits per heavy atom. The number of ether oxygens (including phenoxy) is 2. The zero-order valence-electron chi connectivity index (χ0n) is 12.7. The van der Waals surface area contributed by atoms with Crippen LogP contribution in [0.1, 0.15) is 17.3 Å². The van der Waals surface area contributed by atoms with E-state index in [1.165, 1.54) is 20.1 Å². The van der Waals surface area contributed by atoms with Gasteiger partial charge in [-0.05, 0) is 37.3 Å². The maximum atomic E-state index is 12.1. The first-order chi connectivity index (χ1) is 11.0. The number of amides is 1. The lowest BCUT2D eigenvalue weighted by molar-refractivity contribution is -0.123. The summed E-state index contributed by atoms with van der Waals surface area (Å²) in [4.78, 5) is 24.1. The van der Waals surface area contributed by atoms with Gasteiger partial charge in [0.05, 0.1) is 12.7 Å². The number of methoxy groups -OCH3 is 1. The molecule has 0 fully saturated rings. The van der Waals surface area contributed by atoms with Gasteiger partial charge in [0.2, 0.25) is 0 Å². The van der Waals surface area contributed by atoms with Gasteiger partial charge in [-0.2, -0.15) is 0 Å². The number of halogens is 1. The molecule has 0 aliphatic carbocycles. The number of hydrogen-bond acceptors (Lipinski definition) is 4. The van der Waals surface area contributed by atoms with Gasteiger partial charge in [0.25, 0.3) is 5.91 Å². The highest BCUT2D eigenvalue weighted by Gasteiger charge is 2.19. The van der Waals surface area contributed by atoms with Gasteiger partial charge in [0.1, 0.15) is 5.75 Å². The van der Waals surface area contributed by atoms with Crippen molar-refractivity contribution < 1.29 is 19.1 Å². The van der Waals surface area contributed by atoms with Crippen LogP contribution < -0.4 is 10.1 Å². The van der Waals surface area contributed by atoms with Gasteiger partial charge in [-0.1, -0.05) is 23.7 Å². The standard InChI is InChI=1S/C17H16ClNO4/c1-11(23-17(21)12-5-3-6-13(18)9-12)16(20)19-14-7-4-8-15(10-14)22-2/h3-11H,1-2H3,(H,19,20)/t11-/m1/s1. The predicted octanol–water partition coefficient (Wildman–Crippen LogP) is 3.53. The third-order valence-electron chi connectivity index (χ3n) is 3.05. The Morgan fingerprint density at radius 3 is 2.57 bits per heavy atom. The van der Waals surface area contributed by atoms with Crippen molar-refractivity contribution in [3.05, 3.63) is 59.1 Å². The second kappa shape index (κ2) is 7.65. The maximum absolute atomic E-state index is 12.1. The zero-order chi connectivity index (χ0) is 16.8. The fourth-order valence-electron chi connectivity index (χ4n) is 1.84. The van der Waals surface area contributed by atoms with E-state index in [-0.39, 0.29) is 0 Å². The van der Waals surface area contributed by atoms with E-state index in [2.05, 4.69) is 5.32 Å². The summed E-state index contributed by atoms with van der Waals surface area (Å²) >= 11 is 5.82. The van der Waals surface area contributed by atoms with E-state index >= 15 is 0 Å². The lowest BCUT2D eigenvalue weighted by Crippen LogP contribution is -2.30. The predicted molar refractivity (Wildman–Crippen MR) is 88.0 cm³/mol. The molecule has 0 aliphatic heterocycles. The monoisotopic (exact) mass is 333 g/mol. The first-order valence-electron chi connectivity index (χ1n) is 6.91. The van der Waals surface area contributed by atoms with Gasteiger partial charge < -0.3 is 14.8 Å². The molecule has 0 bridgehead atoms. The van der Waals surface area contributed by atoms with Gasteiger partial charge in [-0.25, -0.2) is 4.79 Å². The fraction of sp³-hybridized carbons (Fsp3) is 0.176. The minimum atomic E-state index is -0.951. The van der Waals surface area contributed by atoms with Crippen molar-refractivity contribution in [2.45, 2.75) is 13.0 Å². The minimum absolute atomic E-state index is 0.290. The van der Waals surface area contributed by atoms with Crippen molar-refractivity contribution in [1.82, 2.24) is 0 Å². The van der Waals surface area contributed by atoms with Crippen molar-refractivity contribution in [3.8, 4) is 5.75 Å². The molecule has 5 nitrogen and oxygen atoms in total. The lowest BCUT2D eigenvalue weighted by atomic mass is 10.2. The van der Waals surface area contributed by atoms with Crippen molar-refractivity contribution in [2.75, 3.05) is 12.4 Å². The van der Waals surface area contributed by atoms with Crippen molar-refractivity contribution in [2.24, 2.45) is 0 Å². The maximum Gasteiger partial charge on any atom is 0.338 e. The third kappa shape index (κ3) is 4.72. The second-order valence-electron chi connectivity index (χ2n) is 4.78. The molecular formula is C17H16ClNO4. The summed E-state index contributed by atoms with van der Waals surface area (Å²) < 4.78 is 10.2. The molecule has 23 heavy (non-hydrogen) atoms. The van der Waals surface area contributed by atoms with Gasteiger partial charge in [0.15, 0.2) is 6.10 Å². The number of hydrogen-bond donors (Lipinski definition) is 1. The third-order valence-corrected chi connectivity index (χ3v) is 3.29. The van der Waals surface area contributed by atoms with Crippen LogP contribution in [-0.2, 0) is 9.53 Å². The van der Waals surface area contributed by atoms with Crippen LogP contribution in [0.5, 0.6) is 5.75 Å². The van der Waals surface area contributed by atoms with E-state index in [1.807, 2.05) is 0 Å². The fourth-order valence-corrected chi connectivity index (χ4v) is 2.03. The molecule has 0 heterocycles. The Balaban J connectivity index is 1.98. The number of carbonyl (C=O) groups excluding carboxylic acids is 2. The molecule has 1 amide bonds. The molecule has 2 rings (SSSR count). The summed E-state index contributed by atoms with van der Waals surface area (Å²) in [5.74, 6) is -0.430. The summed E-state index contributed by atoms with van der Waals surface area (Å²) in [6, 6.07) is 13.2. The summed E-state index contributed by atoms with van der Waals surface area (Å²) in [5.41, 5.74) is 0.846. The van der Waals surface area contributed by atoms with E-state index in [4.69, 9.17) is 21.1 Å². The number of rotatable bonds is 5. The average Bonchev–Trinajstić information content (AvgIpc) is 2.54. The van der Waals surface area contributed by atoms with Crippen LogP contribution in [0.25, 0.3) is 0 Å². The Hall–Kier alpha value is -2.53. The molecule has 2 aromatic carbocycles. The molecule has 1 N–H and O–H groups in total. The molecule has 1 atom stereocenters. The number of esters is 1. The molecule has 0 saturated heterocycles. The Kier molecular flexibility index (Phi) is 5.60. The Labute approximate surface area is 139 Å². The first-order valence-corrected chi connectivity index (χ1v) is 7.29. The van der Waals surface area contributed by atoms with Gasteiger partial charge in [-0.3, -0.25) is 4.79 Å². The molecule has 0 unspecified atom stereocenters. The largest absolute Gasteiger partial charge is 0.497 e. The highest BCUT2D eigenvalue weighted by Crippen LogP contribution is 2.17. The molecule has 0 aromatic heterocycles. The smallest absolute Gasteiger partial charge is 0.338 e. The molecule has 120 valence electrons. The van der Waals surface area contributed by atoms with Gasteiger partial charge in [0, 0.05) is 16.8 Å². The highest BCUT2D eigenvalue weighted by atomic mass is 35.5. The minimum Gasteiger partial charge on any atom is -0.497 e. The number of carbonyl (C=O) groups is 2. The van der Waals surface area contributed by atoms with E-state index in [0.29, 0.717) is 22.0 Å². The molecular weight excluding hydrogens is 318 g/mol. The van der Waals surface area contributed by atoms with Crippen molar-refractivity contribution >= 4 is 29.2 Å². The van der Waals surface area contributed by atoms with Crippen LogP contribution in [0.15, 0.2) is 48.5 Å². The van der Waals surface area contributed by atoms with E-state index in [0.717, 1.165) is 0 Å². The quantitative estimate of drug-likeness (QED) is 0.850. The normalized spacial score (nSPS) is 11.4.